The second kappa shape index (κ2) is 7.55. The van der Waals surface area contributed by atoms with Crippen molar-refractivity contribution in [2.75, 3.05) is 20.3 Å². The van der Waals surface area contributed by atoms with Crippen molar-refractivity contribution in [1.29, 1.82) is 0 Å². The van der Waals surface area contributed by atoms with Crippen LogP contribution in [-0.2, 0) is 20.7 Å². The first-order valence-corrected chi connectivity index (χ1v) is 8.22. The number of hydrogen-bond acceptors (Lipinski definition) is 4. The van der Waals surface area contributed by atoms with E-state index in [2.05, 4.69) is 5.32 Å². The topological polar surface area (TPSA) is 79.0 Å². The number of rotatable bonds is 4. The summed E-state index contributed by atoms with van der Waals surface area (Å²) in [4.78, 5) is 39.7. The van der Waals surface area contributed by atoms with Gasteiger partial charge in [-0.05, 0) is 26.3 Å². The summed E-state index contributed by atoms with van der Waals surface area (Å²) in [6.07, 6.45) is 0.399. The third-order valence-electron chi connectivity index (χ3n) is 3.66. The van der Waals surface area contributed by atoms with Gasteiger partial charge in [0.05, 0.1) is 6.67 Å². The summed E-state index contributed by atoms with van der Waals surface area (Å²) in [7, 11) is 1.61. The van der Waals surface area contributed by atoms with Gasteiger partial charge in [-0.1, -0.05) is 30.3 Å². The Morgan fingerprint density at radius 1 is 1.24 bits per heavy atom. The molecule has 1 aromatic carbocycles. The molecule has 136 valence electrons. The molecule has 1 fully saturated rings. The first kappa shape index (κ1) is 18.8. The zero-order valence-corrected chi connectivity index (χ0v) is 15.1. The molecule has 2 rings (SSSR count). The first-order chi connectivity index (χ1) is 11.7. The van der Waals surface area contributed by atoms with Gasteiger partial charge in [-0.2, -0.15) is 0 Å². The second-order valence-electron chi connectivity index (χ2n) is 7.15. The molecule has 0 aromatic heterocycles. The predicted molar refractivity (Wildman–Crippen MR) is 92.7 cm³/mol. The van der Waals surface area contributed by atoms with E-state index in [0.717, 1.165) is 5.56 Å². The van der Waals surface area contributed by atoms with Crippen LogP contribution >= 0.6 is 0 Å². The molecule has 7 nitrogen and oxygen atoms in total. The van der Waals surface area contributed by atoms with Gasteiger partial charge in [0.2, 0.25) is 5.91 Å². The number of ether oxygens (including phenoxy) is 1. The summed E-state index contributed by atoms with van der Waals surface area (Å²) in [5.74, 6) is -0.700. The number of urea groups is 1. The van der Waals surface area contributed by atoms with Crippen LogP contribution in [0.3, 0.4) is 0 Å². The Hall–Kier alpha value is -2.57. The van der Waals surface area contributed by atoms with Crippen LogP contribution < -0.4 is 5.32 Å². The minimum absolute atomic E-state index is 0.0369. The lowest BCUT2D eigenvalue weighted by atomic mass is 10.1. The van der Waals surface area contributed by atoms with E-state index >= 15 is 0 Å². The summed E-state index contributed by atoms with van der Waals surface area (Å²) >= 11 is 0. The van der Waals surface area contributed by atoms with E-state index in [-0.39, 0.29) is 19.1 Å². The highest BCUT2D eigenvalue weighted by atomic mass is 16.6. The minimum atomic E-state index is -0.663. The highest BCUT2D eigenvalue weighted by Crippen LogP contribution is 2.12. The van der Waals surface area contributed by atoms with Gasteiger partial charge in [-0.3, -0.25) is 14.5 Å². The predicted octanol–water partition coefficient (Wildman–Crippen LogP) is 1.38. The van der Waals surface area contributed by atoms with Crippen molar-refractivity contribution < 1.29 is 19.1 Å². The number of carbonyl (C=O) groups is 3. The number of likely N-dealkylation sites (N-methyl/N-ethyl adjacent to an activating group) is 1. The van der Waals surface area contributed by atoms with Crippen molar-refractivity contribution in [2.24, 2.45) is 0 Å². The maximum atomic E-state index is 12.5. The van der Waals surface area contributed by atoms with Crippen molar-refractivity contribution in [1.82, 2.24) is 15.1 Å². The normalized spacial score (nSPS) is 18.6. The van der Waals surface area contributed by atoms with Gasteiger partial charge in [0, 0.05) is 13.5 Å². The van der Waals surface area contributed by atoms with Crippen molar-refractivity contribution in [3.63, 3.8) is 0 Å². The largest absolute Gasteiger partial charge is 0.459 e. The molecule has 1 saturated heterocycles. The molecular weight excluding hydrogens is 322 g/mol. The third kappa shape index (κ3) is 5.48. The molecule has 1 heterocycles. The Labute approximate surface area is 147 Å². The second-order valence-corrected chi connectivity index (χ2v) is 7.15. The lowest BCUT2D eigenvalue weighted by Gasteiger charge is -2.25. The molecule has 7 heteroatoms. The quantitative estimate of drug-likeness (QED) is 0.835. The number of benzene rings is 1. The molecule has 0 spiro atoms. The van der Waals surface area contributed by atoms with Crippen molar-refractivity contribution >= 4 is 17.9 Å². The van der Waals surface area contributed by atoms with Gasteiger partial charge < -0.3 is 15.0 Å². The number of carbonyl (C=O) groups excluding carboxylic acids is 3. The Bertz CT molecular complexity index is 639. The maximum Gasteiger partial charge on any atom is 0.326 e. The number of amides is 3. The molecular formula is C18H25N3O4. The molecule has 1 aliphatic heterocycles. The Morgan fingerprint density at radius 3 is 2.48 bits per heavy atom. The van der Waals surface area contributed by atoms with Crippen LogP contribution in [0.25, 0.3) is 0 Å². The van der Waals surface area contributed by atoms with E-state index in [0.29, 0.717) is 6.42 Å². The fourth-order valence-corrected chi connectivity index (χ4v) is 2.60. The molecule has 0 aliphatic carbocycles. The Kier molecular flexibility index (Phi) is 5.66. The highest BCUT2D eigenvalue weighted by Gasteiger charge is 2.33. The van der Waals surface area contributed by atoms with E-state index in [1.165, 1.54) is 9.80 Å². The number of nitrogens with zero attached hydrogens (tertiary/aromatic N) is 2. The standard InChI is InChI=1S/C18H25N3O4/c1-18(2,3)25-15(22)11-21-12-20(4)16(23)14(19-17(21)24)10-13-8-6-5-7-9-13/h5-9,14H,10-12H2,1-4H3,(H,19,24)/t14-/m0/s1. The average Bonchev–Trinajstić information content (AvgIpc) is 2.59. The summed E-state index contributed by atoms with van der Waals surface area (Å²) in [5.41, 5.74) is 0.326. The van der Waals surface area contributed by atoms with E-state index < -0.39 is 23.6 Å². The molecule has 1 aromatic rings. The molecule has 1 atom stereocenters. The number of esters is 1. The van der Waals surface area contributed by atoms with Crippen molar-refractivity contribution in [3.05, 3.63) is 35.9 Å². The van der Waals surface area contributed by atoms with Gasteiger partial charge in [0.15, 0.2) is 0 Å². The highest BCUT2D eigenvalue weighted by molar-refractivity contribution is 5.90. The van der Waals surface area contributed by atoms with Crippen molar-refractivity contribution in [2.45, 2.75) is 38.8 Å². The molecule has 1 aliphatic rings. The van der Waals surface area contributed by atoms with Gasteiger partial charge in [0.25, 0.3) is 0 Å². The van der Waals surface area contributed by atoms with E-state index in [9.17, 15) is 14.4 Å². The smallest absolute Gasteiger partial charge is 0.326 e. The van der Waals surface area contributed by atoms with Gasteiger partial charge >= 0.3 is 12.0 Å². The summed E-state index contributed by atoms with van der Waals surface area (Å²) in [5, 5.41) is 2.71. The van der Waals surface area contributed by atoms with Crippen molar-refractivity contribution in [3.8, 4) is 0 Å². The van der Waals surface area contributed by atoms with E-state index in [1.54, 1.807) is 27.8 Å². The lowest BCUT2D eigenvalue weighted by molar-refractivity contribution is -0.156. The minimum Gasteiger partial charge on any atom is -0.459 e. The summed E-state index contributed by atoms with van der Waals surface area (Å²) in [6.45, 7) is 5.12. The van der Waals surface area contributed by atoms with E-state index in [4.69, 9.17) is 4.74 Å². The third-order valence-corrected chi connectivity index (χ3v) is 3.66. The molecule has 0 saturated carbocycles. The SMILES string of the molecule is CN1CN(CC(=O)OC(C)(C)C)C(=O)N[C@@H](Cc2ccccc2)C1=O. The van der Waals surface area contributed by atoms with Crippen LogP contribution in [0.15, 0.2) is 30.3 Å². The molecule has 25 heavy (non-hydrogen) atoms. The van der Waals surface area contributed by atoms with Crippen LogP contribution in [0.4, 0.5) is 4.79 Å². The molecule has 0 radical (unpaired) electrons. The molecule has 0 bridgehead atoms. The number of nitrogens with one attached hydrogen (secondary N) is 1. The van der Waals surface area contributed by atoms with Crippen LogP contribution in [0.2, 0.25) is 0 Å². The number of hydrogen-bond donors (Lipinski definition) is 1. The van der Waals surface area contributed by atoms with E-state index in [1.807, 2.05) is 30.3 Å². The first-order valence-electron chi connectivity index (χ1n) is 8.22. The summed E-state index contributed by atoms with van der Waals surface area (Å²) < 4.78 is 5.25. The fourth-order valence-electron chi connectivity index (χ4n) is 2.60. The van der Waals surface area contributed by atoms with Gasteiger partial charge in [-0.25, -0.2) is 4.79 Å². The Morgan fingerprint density at radius 2 is 1.88 bits per heavy atom. The lowest BCUT2D eigenvalue weighted by Crippen LogP contribution is -2.47. The Balaban J connectivity index is 2.06. The zero-order valence-electron chi connectivity index (χ0n) is 15.1. The zero-order chi connectivity index (χ0) is 18.6. The van der Waals surface area contributed by atoms with Crippen LogP contribution in [0.5, 0.6) is 0 Å². The van der Waals surface area contributed by atoms with Crippen LogP contribution in [0.1, 0.15) is 26.3 Å². The summed E-state index contributed by atoms with van der Waals surface area (Å²) in [6, 6.07) is 8.36. The average molecular weight is 347 g/mol. The molecule has 0 unspecified atom stereocenters. The fraction of sp³-hybridized carbons (Fsp3) is 0.500. The molecule has 1 N–H and O–H groups in total. The maximum absolute atomic E-state index is 12.5. The van der Waals surface area contributed by atoms with Crippen LogP contribution in [-0.4, -0.2) is 59.6 Å². The van der Waals surface area contributed by atoms with Gasteiger partial charge in [-0.15, -0.1) is 0 Å². The molecule has 3 amide bonds. The monoisotopic (exact) mass is 347 g/mol. The van der Waals surface area contributed by atoms with Crippen LogP contribution in [0, 0.1) is 0 Å². The van der Waals surface area contributed by atoms with Gasteiger partial charge in [0.1, 0.15) is 18.2 Å².